The molecule has 1 aliphatic heterocycles. The highest BCUT2D eigenvalue weighted by atomic mass is 35.5. The van der Waals surface area contributed by atoms with E-state index < -0.39 is 0 Å². The lowest BCUT2D eigenvalue weighted by atomic mass is 10.0. The van der Waals surface area contributed by atoms with Gasteiger partial charge in [0, 0.05) is 22.9 Å². The second-order valence-electron chi connectivity index (χ2n) is 6.21. The van der Waals surface area contributed by atoms with Gasteiger partial charge in [-0.15, -0.1) is 0 Å². The first-order valence-corrected chi connectivity index (χ1v) is 8.31. The van der Waals surface area contributed by atoms with Gasteiger partial charge in [-0.25, -0.2) is 0 Å². The SMILES string of the molecule is CN([11CH3])CCCN1c2ccccc2CCc2ccc(Cl)cc21. The Morgan fingerprint density at radius 1 is 1.00 bits per heavy atom. The van der Waals surface area contributed by atoms with Crippen LogP contribution in [0.4, 0.5) is 11.4 Å². The first-order valence-electron chi connectivity index (χ1n) is 7.94. The van der Waals surface area contributed by atoms with Crippen molar-refractivity contribution >= 4 is 23.0 Å². The van der Waals surface area contributed by atoms with Crippen LogP contribution in [0, 0.1) is 0 Å². The fourth-order valence-electron chi connectivity index (χ4n) is 3.17. The van der Waals surface area contributed by atoms with Crippen molar-refractivity contribution in [3.05, 3.63) is 58.6 Å². The van der Waals surface area contributed by atoms with Gasteiger partial charge in [-0.2, -0.15) is 0 Å². The first-order chi connectivity index (χ1) is 10.6. The van der Waals surface area contributed by atoms with E-state index >= 15 is 0 Å². The predicted molar refractivity (Wildman–Crippen MR) is 95.5 cm³/mol. The summed E-state index contributed by atoms with van der Waals surface area (Å²) in [5.41, 5.74) is 5.43. The highest BCUT2D eigenvalue weighted by Gasteiger charge is 2.20. The summed E-state index contributed by atoms with van der Waals surface area (Å²) in [6.07, 6.45) is 3.30. The van der Waals surface area contributed by atoms with Crippen LogP contribution in [0.25, 0.3) is 0 Å². The molecule has 1 heterocycles. The molecule has 0 saturated carbocycles. The Hall–Kier alpha value is -1.51. The van der Waals surface area contributed by atoms with Gasteiger partial charge >= 0.3 is 0 Å². The first kappa shape index (κ1) is 15.4. The molecular weight excluding hydrogens is 291 g/mol. The molecule has 116 valence electrons. The largest absolute Gasteiger partial charge is 0.341 e. The molecule has 0 N–H and O–H groups in total. The van der Waals surface area contributed by atoms with Gasteiger partial charge in [-0.1, -0.05) is 35.9 Å². The molecule has 3 heteroatoms. The Bertz CT molecular complexity index is 652. The minimum atomic E-state index is 0.816. The molecule has 0 unspecified atom stereocenters. The minimum absolute atomic E-state index is 0.816. The Morgan fingerprint density at radius 3 is 2.50 bits per heavy atom. The summed E-state index contributed by atoms with van der Waals surface area (Å²) in [7, 11) is 4.25. The van der Waals surface area contributed by atoms with Gasteiger partial charge in [0.25, 0.3) is 0 Å². The molecule has 22 heavy (non-hydrogen) atoms. The fourth-order valence-corrected chi connectivity index (χ4v) is 3.34. The van der Waals surface area contributed by atoms with E-state index in [0.29, 0.717) is 0 Å². The number of para-hydroxylation sites is 1. The molecule has 0 fully saturated rings. The van der Waals surface area contributed by atoms with Crippen molar-refractivity contribution in [2.75, 3.05) is 32.1 Å². The Morgan fingerprint density at radius 2 is 1.73 bits per heavy atom. The van der Waals surface area contributed by atoms with Crippen LogP contribution in [0.15, 0.2) is 42.5 Å². The maximum absolute atomic E-state index is 6.27. The molecule has 2 aromatic rings. The lowest BCUT2D eigenvalue weighted by molar-refractivity contribution is 0.402. The monoisotopic (exact) mass is 313 g/mol. The van der Waals surface area contributed by atoms with Crippen molar-refractivity contribution in [3.63, 3.8) is 0 Å². The van der Waals surface area contributed by atoms with Crippen LogP contribution in [-0.2, 0) is 12.8 Å². The van der Waals surface area contributed by atoms with Crippen molar-refractivity contribution in [3.8, 4) is 0 Å². The molecule has 0 radical (unpaired) electrons. The number of anilines is 2. The summed E-state index contributed by atoms with van der Waals surface area (Å²) in [6.45, 7) is 2.11. The third kappa shape index (κ3) is 3.29. The van der Waals surface area contributed by atoms with Crippen LogP contribution in [0.2, 0.25) is 5.02 Å². The van der Waals surface area contributed by atoms with Gasteiger partial charge in [0.1, 0.15) is 0 Å². The number of rotatable bonds is 4. The topological polar surface area (TPSA) is 6.48 Å². The second-order valence-corrected chi connectivity index (χ2v) is 6.65. The number of hydrogen-bond donors (Lipinski definition) is 0. The summed E-state index contributed by atoms with van der Waals surface area (Å²) in [5.74, 6) is 0. The van der Waals surface area contributed by atoms with Gasteiger partial charge in [-0.3, -0.25) is 0 Å². The number of benzene rings is 2. The third-order valence-corrected chi connectivity index (χ3v) is 4.51. The number of aryl methyl sites for hydroxylation is 2. The normalized spacial score (nSPS) is 13.7. The maximum Gasteiger partial charge on any atom is 0.0458 e. The molecule has 0 aliphatic carbocycles. The summed E-state index contributed by atoms with van der Waals surface area (Å²) in [4.78, 5) is 4.69. The lowest BCUT2D eigenvalue weighted by Gasteiger charge is -2.27. The van der Waals surface area contributed by atoms with Gasteiger partial charge in [-0.05, 0) is 69.2 Å². The van der Waals surface area contributed by atoms with Crippen molar-refractivity contribution in [1.82, 2.24) is 4.90 Å². The van der Waals surface area contributed by atoms with Crippen molar-refractivity contribution in [1.29, 1.82) is 0 Å². The van der Waals surface area contributed by atoms with Crippen LogP contribution in [0.1, 0.15) is 17.5 Å². The summed E-state index contributed by atoms with van der Waals surface area (Å²) in [5, 5.41) is 0.816. The molecule has 0 atom stereocenters. The van der Waals surface area contributed by atoms with Crippen LogP contribution in [0.3, 0.4) is 0 Å². The van der Waals surface area contributed by atoms with Crippen molar-refractivity contribution < 1.29 is 0 Å². The zero-order valence-electron chi connectivity index (χ0n) is 13.3. The van der Waals surface area contributed by atoms with E-state index in [1.165, 1.54) is 22.5 Å². The standard InChI is InChI=1S/C19H23ClN2/c1-21(2)12-5-13-22-18-7-4-3-6-15(18)8-9-16-10-11-17(20)14-19(16)22/h3-4,6-7,10-11,14H,5,8-9,12-13H2,1-2H3/i1-1. The zero-order chi connectivity index (χ0) is 15.5. The van der Waals surface area contributed by atoms with Crippen molar-refractivity contribution in [2.24, 2.45) is 0 Å². The molecule has 0 amide bonds. The molecule has 0 spiro atoms. The highest BCUT2D eigenvalue weighted by Crippen LogP contribution is 2.37. The van der Waals surface area contributed by atoms with Crippen LogP contribution in [0.5, 0.6) is 0 Å². The van der Waals surface area contributed by atoms with Gasteiger partial charge in [0.05, 0.1) is 0 Å². The van der Waals surface area contributed by atoms with Gasteiger partial charge < -0.3 is 9.80 Å². The van der Waals surface area contributed by atoms with E-state index in [2.05, 4.69) is 60.3 Å². The van der Waals surface area contributed by atoms with E-state index in [9.17, 15) is 0 Å². The van der Waals surface area contributed by atoms with E-state index in [1.807, 2.05) is 6.07 Å². The van der Waals surface area contributed by atoms with Crippen LogP contribution in [-0.4, -0.2) is 32.1 Å². The molecule has 2 aromatic carbocycles. The number of halogens is 1. The van der Waals surface area contributed by atoms with E-state index in [4.69, 9.17) is 11.6 Å². The van der Waals surface area contributed by atoms with Gasteiger partial charge in [0.15, 0.2) is 0 Å². The van der Waals surface area contributed by atoms with Gasteiger partial charge in [0.2, 0.25) is 0 Å². The summed E-state index contributed by atoms with van der Waals surface area (Å²) < 4.78 is 0. The molecule has 2 nitrogen and oxygen atoms in total. The molecule has 1 aliphatic rings. The minimum Gasteiger partial charge on any atom is -0.341 e. The van der Waals surface area contributed by atoms with Crippen LogP contribution >= 0.6 is 11.6 Å². The van der Waals surface area contributed by atoms with E-state index in [-0.39, 0.29) is 0 Å². The van der Waals surface area contributed by atoms with Crippen LogP contribution < -0.4 is 4.90 Å². The fraction of sp³-hybridized carbons (Fsp3) is 0.368. The Labute approximate surface area is 138 Å². The highest BCUT2D eigenvalue weighted by molar-refractivity contribution is 6.30. The lowest BCUT2D eigenvalue weighted by Crippen LogP contribution is -2.24. The molecule has 0 saturated heterocycles. The smallest absolute Gasteiger partial charge is 0.0458 e. The van der Waals surface area contributed by atoms with Crippen molar-refractivity contribution in [2.45, 2.75) is 19.3 Å². The predicted octanol–water partition coefficient (Wildman–Crippen LogP) is 4.53. The average molecular weight is 314 g/mol. The zero-order valence-corrected chi connectivity index (χ0v) is 14.1. The molecular formula is C19H23ClN2. The molecule has 0 bridgehead atoms. The second kappa shape index (κ2) is 6.72. The average Bonchev–Trinajstić information content (AvgIpc) is 2.65. The number of nitrogens with zero attached hydrogens (tertiary/aromatic N) is 2. The Kier molecular flexibility index (Phi) is 4.70. The number of fused-ring (bicyclic) bond motifs is 2. The Balaban J connectivity index is 1.98. The number of hydrogen-bond acceptors (Lipinski definition) is 2. The summed E-state index contributed by atoms with van der Waals surface area (Å²) >= 11 is 6.27. The quantitative estimate of drug-likeness (QED) is 0.818. The maximum atomic E-state index is 6.27. The van der Waals surface area contributed by atoms with E-state index in [0.717, 1.165) is 37.4 Å². The van der Waals surface area contributed by atoms with E-state index in [1.54, 1.807) is 0 Å². The molecule has 3 rings (SSSR count). The third-order valence-electron chi connectivity index (χ3n) is 4.27. The molecule has 0 aromatic heterocycles. The summed E-state index contributed by atoms with van der Waals surface area (Å²) in [6, 6.07) is 15.1.